The fourth-order valence-corrected chi connectivity index (χ4v) is 3.42. The molecule has 1 saturated carbocycles. The van der Waals surface area contributed by atoms with Gasteiger partial charge in [-0.3, -0.25) is 4.90 Å². The highest BCUT2D eigenvalue weighted by atomic mass is 15.3. The standard InChI is InChI=1S/C15H30N4/c1-3-19-11-7-10-14(19)12-18(2)15(16)17-13-8-5-4-6-9-13/h13-14H,3-12H2,1-2H3,(H2,16,17). The van der Waals surface area contributed by atoms with E-state index in [1.54, 1.807) is 0 Å². The van der Waals surface area contributed by atoms with Crippen LogP contribution in [-0.4, -0.2) is 54.5 Å². The summed E-state index contributed by atoms with van der Waals surface area (Å²) >= 11 is 0. The van der Waals surface area contributed by atoms with Gasteiger partial charge in [-0.25, -0.2) is 4.99 Å². The molecule has 0 spiro atoms. The van der Waals surface area contributed by atoms with Gasteiger partial charge in [0.2, 0.25) is 0 Å². The van der Waals surface area contributed by atoms with Gasteiger partial charge in [0.05, 0.1) is 6.04 Å². The molecule has 1 aliphatic carbocycles. The summed E-state index contributed by atoms with van der Waals surface area (Å²) in [6.07, 6.45) is 9.07. The quantitative estimate of drug-likeness (QED) is 0.626. The minimum Gasteiger partial charge on any atom is -0.370 e. The molecule has 4 nitrogen and oxygen atoms in total. The zero-order valence-electron chi connectivity index (χ0n) is 12.6. The van der Waals surface area contributed by atoms with E-state index in [4.69, 9.17) is 10.7 Å². The van der Waals surface area contributed by atoms with Gasteiger partial charge in [0.25, 0.3) is 0 Å². The van der Waals surface area contributed by atoms with E-state index < -0.39 is 0 Å². The molecule has 2 fully saturated rings. The minimum atomic E-state index is 0.474. The summed E-state index contributed by atoms with van der Waals surface area (Å²) in [6, 6.07) is 1.14. The highest BCUT2D eigenvalue weighted by Gasteiger charge is 2.24. The third-order valence-electron chi connectivity index (χ3n) is 4.67. The Bertz CT molecular complexity index is 297. The van der Waals surface area contributed by atoms with Gasteiger partial charge >= 0.3 is 0 Å². The van der Waals surface area contributed by atoms with Crippen LogP contribution in [0.4, 0.5) is 0 Å². The third-order valence-corrected chi connectivity index (χ3v) is 4.67. The number of nitrogens with zero attached hydrogens (tertiary/aromatic N) is 3. The molecule has 0 radical (unpaired) electrons. The maximum Gasteiger partial charge on any atom is 0.191 e. The van der Waals surface area contributed by atoms with Crippen molar-refractivity contribution in [3.63, 3.8) is 0 Å². The predicted octanol–water partition coefficient (Wildman–Crippen LogP) is 2.05. The van der Waals surface area contributed by atoms with E-state index in [-0.39, 0.29) is 0 Å². The largest absolute Gasteiger partial charge is 0.370 e. The second-order valence-electron chi connectivity index (χ2n) is 6.08. The number of hydrogen-bond acceptors (Lipinski definition) is 2. The summed E-state index contributed by atoms with van der Waals surface area (Å²) in [4.78, 5) is 9.45. The predicted molar refractivity (Wildman–Crippen MR) is 81.4 cm³/mol. The molecule has 0 aromatic carbocycles. The van der Waals surface area contributed by atoms with Crippen molar-refractivity contribution in [3.8, 4) is 0 Å². The lowest BCUT2D eigenvalue weighted by molar-refractivity contribution is 0.233. The first-order valence-electron chi connectivity index (χ1n) is 7.99. The summed E-state index contributed by atoms with van der Waals surface area (Å²) in [5.41, 5.74) is 6.17. The molecule has 110 valence electrons. The van der Waals surface area contributed by atoms with Crippen molar-refractivity contribution in [3.05, 3.63) is 0 Å². The highest BCUT2D eigenvalue weighted by Crippen LogP contribution is 2.21. The van der Waals surface area contributed by atoms with E-state index in [1.165, 1.54) is 51.5 Å². The van der Waals surface area contributed by atoms with E-state index in [0.29, 0.717) is 12.1 Å². The van der Waals surface area contributed by atoms with Gasteiger partial charge in [-0.15, -0.1) is 0 Å². The number of hydrogen-bond donors (Lipinski definition) is 1. The molecular weight excluding hydrogens is 236 g/mol. The fraction of sp³-hybridized carbons (Fsp3) is 0.933. The van der Waals surface area contributed by atoms with Crippen LogP contribution in [0.3, 0.4) is 0 Å². The van der Waals surface area contributed by atoms with Crippen molar-refractivity contribution >= 4 is 5.96 Å². The van der Waals surface area contributed by atoms with Crippen LogP contribution in [0, 0.1) is 0 Å². The van der Waals surface area contributed by atoms with Crippen molar-refractivity contribution < 1.29 is 0 Å². The molecule has 0 bridgehead atoms. The zero-order chi connectivity index (χ0) is 13.7. The average molecular weight is 266 g/mol. The van der Waals surface area contributed by atoms with Gasteiger partial charge in [-0.05, 0) is 38.8 Å². The molecule has 0 aromatic rings. The fourth-order valence-electron chi connectivity index (χ4n) is 3.42. The van der Waals surface area contributed by atoms with Gasteiger partial charge < -0.3 is 10.6 Å². The lowest BCUT2D eigenvalue weighted by atomic mass is 9.96. The number of likely N-dealkylation sites (tertiary alicyclic amines) is 1. The Hall–Kier alpha value is -0.770. The molecule has 0 amide bonds. The first-order chi connectivity index (χ1) is 9.20. The van der Waals surface area contributed by atoms with E-state index >= 15 is 0 Å². The molecule has 1 atom stereocenters. The molecule has 1 heterocycles. The second kappa shape index (κ2) is 7.13. The summed E-state index contributed by atoms with van der Waals surface area (Å²) in [5, 5.41) is 0. The normalized spacial score (nSPS) is 26.8. The summed E-state index contributed by atoms with van der Waals surface area (Å²) < 4.78 is 0. The van der Waals surface area contributed by atoms with Crippen LogP contribution < -0.4 is 5.73 Å². The number of guanidine groups is 1. The molecule has 0 aromatic heterocycles. The lowest BCUT2D eigenvalue weighted by Crippen LogP contribution is -2.44. The molecule has 2 rings (SSSR count). The number of nitrogens with two attached hydrogens (primary N) is 1. The number of rotatable bonds is 4. The second-order valence-corrected chi connectivity index (χ2v) is 6.08. The lowest BCUT2D eigenvalue weighted by Gasteiger charge is -2.29. The van der Waals surface area contributed by atoms with Crippen LogP contribution in [0.1, 0.15) is 51.9 Å². The van der Waals surface area contributed by atoms with Gasteiger partial charge in [0, 0.05) is 19.6 Å². The Morgan fingerprint density at radius 1 is 1.21 bits per heavy atom. The number of aliphatic imine (C=N–C) groups is 1. The van der Waals surface area contributed by atoms with E-state index in [9.17, 15) is 0 Å². The molecule has 1 saturated heterocycles. The highest BCUT2D eigenvalue weighted by molar-refractivity contribution is 5.78. The van der Waals surface area contributed by atoms with Crippen LogP contribution in [0.15, 0.2) is 4.99 Å². The average Bonchev–Trinajstić information content (AvgIpc) is 2.87. The van der Waals surface area contributed by atoms with Crippen LogP contribution in [0.25, 0.3) is 0 Å². The summed E-state index contributed by atoms with van der Waals surface area (Å²) in [6.45, 7) is 5.67. The zero-order valence-corrected chi connectivity index (χ0v) is 12.6. The Morgan fingerprint density at radius 3 is 2.63 bits per heavy atom. The van der Waals surface area contributed by atoms with Crippen LogP contribution in [-0.2, 0) is 0 Å². The van der Waals surface area contributed by atoms with Crippen molar-refractivity contribution in [1.29, 1.82) is 0 Å². The third kappa shape index (κ3) is 4.10. The molecular formula is C15H30N4. The molecule has 2 aliphatic rings. The van der Waals surface area contributed by atoms with E-state index in [2.05, 4.69) is 23.8 Å². The molecule has 19 heavy (non-hydrogen) atoms. The smallest absolute Gasteiger partial charge is 0.191 e. The number of likely N-dealkylation sites (N-methyl/N-ethyl adjacent to an activating group) is 2. The Balaban J connectivity index is 1.84. The Morgan fingerprint density at radius 2 is 1.95 bits per heavy atom. The molecule has 2 N–H and O–H groups in total. The maximum atomic E-state index is 6.17. The van der Waals surface area contributed by atoms with Crippen LogP contribution in [0.2, 0.25) is 0 Å². The first kappa shape index (κ1) is 14.6. The van der Waals surface area contributed by atoms with Gasteiger partial charge in [-0.1, -0.05) is 26.2 Å². The van der Waals surface area contributed by atoms with Crippen LogP contribution in [0.5, 0.6) is 0 Å². The van der Waals surface area contributed by atoms with E-state index in [0.717, 1.165) is 19.0 Å². The molecule has 1 aliphatic heterocycles. The SMILES string of the molecule is CCN1CCCC1CN(C)C(N)=NC1CCCCC1. The van der Waals surface area contributed by atoms with Crippen molar-refractivity contribution in [2.45, 2.75) is 64.0 Å². The Kier molecular flexibility index (Phi) is 5.49. The topological polar surface area (TPSA) is 44.9 Å². The van der Waals surface area contributed by atoms with Gasteiger partial charge in [-0.2, -0.15) is 0 Å². The van der Waals surface area contributed by atoms with Crippen LogP contribution >= 0.6 is 0 Å². The van der Waals surface area contributed by atoms with Gasteiger partial charge in [0.15, 0.2) is 5.96 Å². The van der Waals surface area contributed by atoms with E-state index in [1.807, 2.05) is 0 Å². The van der Waals surface area contributed by atoms with Crippen molar-refractivity contribution in [1.82, 2.24) is 9.80 Å². The van der Waals surface area contributed by atoms with Crippen molar-refractivity contribution in [2.24, 2.45) is 10.7 Å². The molecule has 1 unspecified atom stereocenters. The van der Waals surface area contributed by atoms with Gasteiger partial charge in [0.1, 0.15) is 0 Å². The summed E-state index contributed by atoms with van der Waals surface area (Å²) in [7, 11) is 2.09. The maximum absolute atomic E-state index is 6.17. The molecule has 4 heteroatoms. The minimum absolute atomic E-state index is 0.474. The summed E-state index contributed by atoms with van der Waals surface area (Å²) in [5.74, 6) is 0.745. The first-order valence-corrected chi connectivity index (χ1v) is 7.99. The Labute approximate surface area is 118 Å². The van der Waals surface area contributed by atoms with Crippen molar-refractivity contribution in [2.75, 3.05) is 26.7 Å². The monoisotopic (exact) mass is 266 g/mol.